The van der Waals surface area contributed by atoms with Crippen LogP contribution in [0.2, 0.25) is 0 Å². The number of anilines is 3. The lowest BCUT2D eigenvalue weighted by molar-refractivity contribution is -0.137. The van der Waals surface area contributed by atoms with E-state index in [9.17, 15) is 32.7 Å². The van der Waals surface area contributed by atoms with Gasteiger partial charge in [0.15, 0.2) is 11.5 Å². The fraction of sp³-hybridized carbons (Fsp3) is 0.344. The summed E-state index contributed by atoms with van der Waals surface area (Å²) < 4.78 is 55.7. The summed E-state index contributed by atoms with van der Waals surface area (Å²) in [6.07, 6.45) is -5.13. The molecule has 0 aromatic heterocycles. The molecular weight excluding hydrogens is 623 g/mol. The van der Waals surface area contributed by atoms with Crippen LogP contribution in [0.25, 0.3) is 0 Å². The zero-order valence-corrected chi connectivity index (χ0v) is 25.8. The number of alkyl halides is 3. The molecule has 0 saturated carbocycles. The SMILES string of the molecule is C[C@H](CO)N1C[C@H](C)[C@H](CN(C)C(=O)Nc2ccc(C(F)(F)F)cc2)Oc2ccc(NC(=O)Nc3ccc4c(c3)OCO4)cc2C1=O. The molecule has 2 aliphatic rings. The van der Waals surface area contributed by atoms with Crippen LogP contribution in [0.5, 0.6) is 17.2 Å². The zero-order chi connectivity index (χ0) is 33.9. The van der Waals surface area contributed by atoms with Crippen LogP contribution in [0.1, 0.15) is 29.8 Å². The van der Waals surface area contributed by atoms with Crippen molar-refractivity contribution in [1.82, 2.24) is 9.80 Å². The summed E-state index contributed by atoms with van der Waals surface area (Å²) in [4.78, 5) is 42.3. The number of nitrogens with zero attached hydrogens (tertiary/aromatic N) is 2. The van der Waals surface area contributed by atoms with Gasteiger partial charge < -0.3 is 45.1 Å². The van der Waals surface area contributed by atoms with Crippen LogP contribution in [0.15, 0.2) is 60.7 Å². The van der Waals surface area contributed by atoms with Gasteiger partial charge in [-0.05, 0) is 61.5 Å². The number of ether oxygens (including phenoxy) is 3. The second-order valence-corrected chi connectivity index (χ2v) is 11.4. The van der Waals surface area contributed by atoms with Crippen molar-refractivity contribution < 1.29 is 46.9 Å². The molecule has 250 valence electrons. The van der Waals surface area contributed by atoms with Gasteiger partial charge in [0, 0.05) is 42.6 Å². The van der Waals surface area contributed by atoms with Crippen molar-refractivity contribution in [3.05, 3.63) is 71.8 Å². The molecule has 2 aliphatic heterocycles. The van der Waals surface area contributed by atoms with Gasteiger partial charge in [-0.1, -0.05) is 6.92 Å². The van der Waals surface area contributed by atoms with E-state index in [1.165, 1.54) is 35.0 Å². The van der Waals surface area contributed by atoms with Gasteiger partial charge in [-0.2, -0.15) is 13.2 Å². The minimum atomic E-state index is -4.50. The van der Waals surface area contributed by atoms with Crippen LogP contribution in [0.3, 0.4) is 0 Å². The quantitative estimate of drug-likeness (QED) is 0.264. The summed E-state index contributed by atoms with van der Waals surface area (Å²) in [7, 11) is 1.51. The van der Waals surface area contributed by atoms with Crippen molar-refractivity contribution in [2.24, 2.45) is 5.92 Å². The molecule has 0 unspecified atom stereocenters. The van der Waals surface area contributed by atoms with Crippen LogP contribution < -0.4 is 30.2 Å². The van der Waals surface area contributed by atoms with Crippen LogP contribution in [-0.2, 0) is 6.18 Å². The number of fused-ring (bicyclic) bond motifs is 2. The Morgan fingerprint density at radius 1 is 0.957 bits per heavy atom. The Kier molecular flexibility index (Phi) is 9.65. The molecule has 0 fully saturated rings. The third-order valence-electron chi connectivity index (χ3n) is 7.82. The number of rotatable bonds is 7. The maximum atomic E-state index is 13.7. The lowest BCUT2D eigenvalue weighted by Gasteiger charge is -2.38. The second-order valence-electron chi connectivity index (χ2n) is 11.4. The Morgan fingerprint density at radius 2 is 1.57 bits per heavy atom. The van der Waals surface area contributed by atoms with E-state index in [0.29, 0.717) is 22.9 Å². The van der Waals surface area contributed by atoms with Gasteiger partial charge in [0.2, 0.25) is 6.79 Å². The smallest absolute Gasteiger partial charge is 0.416 e. The number of hydrogen-bond donors (Lipinski definition) is 4. The predicted octanol–water partition coefficient (Wildman–Crippen LogP) is 5.46. The first kappa shape index (κ1) is 33.2. The van der Waals surface area contributed by atoms with Gasteiger partial charge in [-0.15, -0.1) is 0 Å². The average molecular weight is 658 g/mol. The number of nitrogens with one attached hydrogen (secondary N) is 3. The van der Waals surface area contributed by atoms with Gasteiger partial charge in [0.05, 0.1) is 30.3 Å². The Hall–Kier alpha value is -5.18. The maximum absolute atomic E-state index is 13.7. The molecular formula is C32H34F3N5O7. The van der Waals surface area contributed by atoms with E-state index < -0.39 is 41.9 Å². The molecule has 0 saturated heterocycles. The number of amides is 5. The number of aliphatic hydroxyl groups excluding tert-OH is 1. The maximum Gasteiger partial charge on any atom is 0.416 e. The normalized spacial score (nSPS) is 17.9. The summed E-state index contributed by atoms with van der Waals surface area (Å²) in [5, 5.41) is 17.9. The highest BCUT2D eigenvalue weighted by Gasteiger charge is 2.34. The Bertz CT molecular complexity index is 1640. The molecule has 3 aromatic carbocycles. The first-order valence-corrected chi connectivity index (χ1v) is 14.7. The first-order valence-electron chi connectivity index (χ1n) is 14.7. The number of likely N-dealkylation sites (N-methyl/N-ethyl adjacent to an activating group) is 1. The molecule has 2 heterocycles. The van der Waals surface area contributed by atoms with E-state index >= 15 is 0 Å². The van der Waals surface area contributed by atoms with Gasteiger partial charge in [-0.3, -0.25) is 4.79 Å². The molecule has 0 radical (unpaired) electrons. The molecule has 5 amide bonds. The standard InChI is InChI=1S/C32H34F3N5O7/c1-18-14-40(19(2)16-41)29(42)24-12-22(36-30(43)37-23-9-11-26-27(13-23)46-17-45-26)8-10-25(24)47-28(18)15-39(3)31(44)38-21-6-4-20(5-7-21)32(33,34)35/h4-13,18-19,28,41H,14-17H2,1-3H3,(H,38,44)(H2,36,37,43)/t18-,19+,28-/m0/s1. The molecule has 4 N–H and O–H groups in total. The second kappa shape index (κ2) is 13.7. The van der Waals surface area contributed by atoms with Crippen molar-refractivity contribution in [3.8, 4) is 17.2 Å². The minimum Gasteiger partial charge on any atom is -0.487 e. The van der Waals surface area contributed by atoms with E-state index in [1.54, 1.807) is 37.3 Å². The number of hydrogen-bond acceptors (Lipinski definition) is 7. The van der Waals surface area contributed by atoms with Crippen LogP contribution in [-0.4, -0.2) is 78.6 Å². The number of carbonyl (C=O) groups is 3. The fourth-order valence-corrected chi connectivity index (χ4v) is 5.10. The number of urea groups is 2. The van der Waals surface area contributed by atoms with Crippen LogP contribution in [0, 0.1) is 5.92 Å². The van der Waals surface area contributed by atoms with E-state index in [0.717, 1.165) is 12.1 Å². The zero-order valence-electron chi connectivity index (χ0n) is 25.8. The van der Waals surface area contributed by atoms with Gasteiger partial charge in [0.1, 0.15) is 11.9 Å². The summed E-state index contributed by atoms with van der Waals surface area (Å²) in [6.45, 7) is 3.57. The lowest BCUT2D eigenvalue weighted by Crippen LogP contribution is -2.50. The van der Waals surface area contributed by atoms with Crippen LogP contribution >= 0.6 is 0 Å². The molecule has 47 heavy (non-hydrogen) atoms. The highest BCUT2D eigenvalue weighted by atomic mass is 19.4. The molecule has 0 aliphatic carbocycles. The van der Waals surface area contributed by atoms with Crippen molar-refractivity contribution in [2.75, 3.05) is 49.5 Å². The highest BCUT2D eigenvalue weighted by Crippen LogP contribution is 2.35. The first-order chi connectivity index (χ1) is 22.3. The monoisotopic (exact) mass is 657 g/mol. The average Bonchev–Trinajstić information content (AvgIpc) is 3.50. The van der Waals surface area contributed by atoms with Gasteiger partial charge >= 0.3 is 18.2 Å². The van der Waals surface area contributed by atoms with E-state index in [1.807, 2.05) is 6.92 Å². The Labute approximate surface area is 268 Å². The van der Waals surface area contributed by atoms with E-state index in [-0.39, 0.29) is 49.4 Å². The van der Waals surface area contributed by atoms with Crippen molar-refractivity contribution in [2.45, 2.75) is 32.2 Å². The minimum absolute atomic E-state index is 0.0561. The largest absolute Gasteiger partial charge is 0.487 e. The number of carbonyl (C=O) groups excluding carboxylic acids is 3. The summed E-state index contributed by atoms with van der Waals surface area (Å²) >= 11 is 0. The lowest BCUT2D eigenvalue weighted by atomic mass is 9.99. The van der Waals surface area contributed by atoms with Crippen LogP contribution in [0.4, 0.5) is 39.8 Å². The van der Waals surface area contributed by atoms with E-state index in [4.69, 9.17) is 14.2 Å². The van der Waals surface area contributed by atoms with Gasteiger partial charge in [0.25, 0.3) is 5.91 Å². The Balaban J connectivity index is 1.31. The van der Waals surface area contributed by atoms with Gasteiger partial charge in [-0.25, -0.2) is 9.59 Å². The van der Waals surface area contributed by atoms with Crippen molar-refractivity contribution >= 4 is 35.0 Å². The third-order valence-corrected chi connectivity index (χ3v) is 7.82. The topological polar surface area (TPSA) is 142 Å². The number of halogens is 3. The molecule has 0 spiro atoms. The van der Waals surface area contributed by atoms with Crippen molar-refractivity contribution in [3.63, 3.8) is 0 Å². The highest BCUT2D eigenvalue weighted by molar-refractivity contribution is 6.02. The number of aliphatic hydroxyl groups is 1. The molecule has 15 heteroatoms. The predicted molar refractivity (Wildman–Crippen MR) is 166 cm³/mol. The number of benzene rings is 3. The molecule has 3 aromatic rings. The summed E-state index contributed by atoms with van der Waals surface area (Å²) in [5.41, 5.74) is 0.250. The van der Waals surface area contributed by atoms with Crippen molar-refractivity contribution in [1.29, 1.82) is 0 Å². The summed E-state index contributed by atoms with van der Waals surface area (Å²) in [6, 6.07) is 11.9. The molecule has 3 atom stereocenters. The molecule has 5 rings (SSSR count). The Morgan fingerprint density at radius 3 is 2.23 bits per heavy atom. The molecule has 12 nitrogen and oxygen atoms in total. The molecule has 0 bridgehead atoms. The summed E-state index contributed by atoms with van der Waals surface area (Å²) in [5.74, 6) is 0.542. The van der Waals surface area contributed by atoms with E-state index in [2.05, 4.69) is 16.0 Å². The fourth-order valence-electron chi connectivity index (χ4n) is 5.10. The third kappa shape index (κ3) is 7.80.